The summed E-state index contributed by atoms with van der Waals surface area (Å²) in [5, 5.41) is 9.41. The van der Waals surface area contributed by atoms with Crippen molar-refractivity contribution in [2.45, 2.75) is 25.8 Å². The normalized spacial score (nSPS) is 12.3. The van der Waals surface area contributed by atoms with E-state index in [0.717, 1.165) is 5.69 Å². The molecule has 0 amide bonds. The standard InChI is InChI=1S/C52H42N2Si/c1-52(2,3)55(39-22-9-5-10-23-39,40-24-11-6-12-25-40)50-33-19-32-48-51(50)44-28-15-18-31-47(44)53(48)38-34-35-43-42-27-14-17-30-46(42)54(49(43)36-38)45-29-16-13-26-41(45)37-20-7-4-8-21-37/h4-36H,1-3H3. The van der Waals surface area contributed by atoms with Gasteiger partial charge in [0, 0.05) is 32.8 Å². The second-order valence-corrected chi connectivity index (χ2v) is 20.4. The Kier molecular flexibility index (Phi) is 7.76. The summed E-state index contributed by atoms with van der Waals surface area (Å²) in [6.45, 7) is 7.37. The van der Waals surface area contributed by atoms with Crippen molar-refractivity contribution in [1.29, 1.82) is 0 Å². The molecule has 2 aromatic heterocycles. The van der Waals surface area contributed by atoms with Crippen LogP contribution in [-0.2, 0) is 0 Å². The van der Waals surface area contributed by atoms with Crippen LogP contribution in [0, 0.1) is 0 Å². The van der Waals surface area contributed by atoms with E-state index < -0.39 is 8.07 Å². The Morgan fingerprint density at radius 2 is 0.927 bits per heavy atom. The molecule has 0 aliphatic rings. The van der Waals surface area contributed by atoms with Gasteiger partial charge in [0.1, 0.15) is 0 Å². The van der Waals surface area contributed by atoms with Gasteiger partial charge in [0.15, 0.2) is 8.07 Å². The molecule has 3 heteroatoms. The van der Waals surface area contributed by atoms with Crippen molar-refractivity contribution >= 4 is 67.2 Å². The third-order valence-electron chi connectivity index (χ3n) is 11.8. The van der Waals surface area contributed by atoms with Crippen LogP contribution in [0.3, 0.4) is 0 Å². The number of rotatable bonds is 6. The highest BCUT2D eigenvalue weighted by Crippen LogP contribution is 2.41. The summed E-state index contributed by atoms with van der Waals surface area (Å²) in [5.41, 5.74) is 9.59. The monoisotopic (exact) mass is 722 g/mol. The highest BCUT2D eigenvalue weighted by atomic mass is 28.3. The van der Waals surface area contributed by atoms with Crippen LogP contribution in [0.1, 0.15) is 20.8 Å². The number of hydrogen-bond acceptors (Lipinski definition) is 0. The number of nitrogens with zero attached hydrogens (tertiary/aromatic N) is 2. The Balaban J connectivity index is 1.30. The zero-order chi connectivity index (χ0) is 37.1. The molecule has 0 unspecified atom stereocenters. The molecule has 8 aromatic carbocycles. The van der Waals surface area contributed by atoms with Gasteiger partial charge in [-0.3, -0.25) is 0 Å². The molecule has 0 radical (unpaired) electrons. The Bertz CT molecular complexity index is 2960. The lowest BCUT2D eigenvalue weighted by Gasteiger charge is -2.45. The van der Waals surface area contributed by atoms with E-state index in [2.05, 4.69) is 230 Å². The van der Waals surface area contributed by atoms with Gasteiger partial charge in [0.2, 0.25) is 0 Å². The van der Waals surface area contributed by atoms with E-state index in [0.29, 0.717) is 0 Å². The summed E-state index contributed by atoms with van der Waals surface area (Å²) >= 11 is 0. The average molecular weight is 723 g/mol. The zero-order valence-electron chi connectivity index (χ0n) is 31.4. The molecule has 0 fully saturated rings. The van der Waals surface area contributed by atoms with Gasteiger partial charge in [-0.1, -0.05) is 185 Å². The Labute approximate surface area is 323 Å². The van der Waals surface area contributed by atoms with E-state index in [1.54, 1.807) is 0 Å². The van der Waals surface area contributed by atoms with Crippen molar-refractivity contribution in [2.75, 3.05) is 0 Å². The third kappa shape index (κ3) is 5.00. The Hall–Kier alpha value is -6.42. The summed E-state index contributed by atoms with van der Waals surface area (Å²) in [4.78, 5) is 0. The molecule has 264 valence electrons. The maximum Gasteiger partial charge on any atom is 0.154 e. The first-order valence-corrected chi connectivity index (χ1v) is 21.3. The molecule has 2 heterocycles. The Morgan fingerprint density at radius 1 is 0.400 bits per heavy atom. The first-order valence-electron chi connectivity index (χ1n) is 19.3. The largest absolute Gasteiger partial charge is 0.309 e. The van der Waals surface area contributed by atoms with Gasteiger partial charge in [-0.25, -0.2) is 0 Å². The van der Waals surface area contributed by atoms with E-state index in [4.69, 9.17) is 0 Å². The lowest BCUT2D eigenvalue weighted by atomic mass is 10.0. The van der Waals surface area contributed by atoms with Crippen molar-refractivity contribution in [3.63, 3.8) is 0 Å². The highest BCUT2D eigenvalue weighted by Gasteiger charge is 2.50. The van der Waals surface area contributed by atoms with Crippen LogP contribution in [0.2, 0.25) is 5.04 Å². The van der Waals surface area contributed by atoms with Crippen LogP contribution >= 0.6 is 0 Å². The Morgan fingerprint density at radius 3 is 1.60 bits per heavy atom. The van der Waals surface area contributed by atoms with Crippen molar-refractivity contribution < 1.29 is 0 Å². The summed E-state index contributed by atoms with van der Waals surface area (Å²) in [6.07, 6.45) is 0. The fraction of sp³-hybridized carbons (Fsp3) is 0.0769. The van der Waals surface area contributed by atoms with Gasteiger partial charge in [0.05, 0.1) is 27.8 Å². The predicted molar refractivity (Wildman–Crippen MR) is 238 cm³/mol. The van der Waals surface area contributed by atoms with Crippen LogP contribution in [-0.4, -0.2) is 17.2 Å². The maximum atomic E-state index is 2.51. The highest BCUT2D eigenvalue weighted by molar-refractivity contribution is 7.14. The molecule has 2 nitrogen and oxygen atoms in total. The van der Waals surface area contributed by atoms with Gasteiger partial charge in [0.25, 0.3) is 0 Å². The SMILES string of the molecule is CC(C)(C)[Si](c1ccccc1)(c1ccccc1)c1cccc2c1c1ccccc1n2-c1ccc2c3ccccc3n(-c3ccccc3-c3ccccc3)c2c1. The minimum absolute atomic E-state index is 0.0425. The number of aromatic nitrogens is 2. The molecule has 0 bridgehead atoms. The molecular weight excluding hydrogens is 681 g/mol. The fourth-order valence-electron chi connectivity index (χ4n) is 9.62. The number of benzene rings is 8. The quantitative estimate of drug-likeness (QED) is 0.119. The van der Waals surface area contributed by atoms with E-state index in [9.17, 15) is 0 Å². The maximum absolute atomic E-state index is 2.67. The lowest BCUT2D eigenvalue weighted by Crippen LogP contribution is -2.72. The first-order chi connectivity index (χ1) is 27.0. The zero-order valence-corrected chi connectivity index (χ0v) is 32.4. The summed E-state index contributed by atoms with van der Waals surface area (Å²) in [6, 6.07) is 74.3. The molecule has 0 aliphatic carbocycles. The number of fused-ring (bicyclic) bond motifs is 6. The molecule has 0 N–H and O–H groups in total. The van der Waals surface area contributed by atoms with Crippen molar-refractivity contribution in [3.8, 4) is 22.5 Å². The molecule has 10 aromatic rings. The smallest absolute Gasteiger partial charge is 0.154 e. The molecule has 55 heavy (non-hydrogen) atoms. The predicted octanol–water partition coefficient (Wildman–Crippen LogP) is 11.8. The van der Waals surface area contributed by atoms with Gasteiger partial charge < -0.3 is 9.13 Å². The second kappa shape index (κ2) is 12.9. The topological polar surface area (TPSA) is 9.86 Å². The van der Waals surface area contributed by atoms with Crippen LogP contribution in [0.15, 0.2) is 200 Å². The van der Waals surface area contributed by atoms with Gasteiger partial charge in [-0.15, -0.1) is 0 Å². The molecule has 0 atom stereocenters. The second-order valence-electron chi connectivity index (χ2n) is 15.7. The fourth-order valence-corrected chi connectivity index (χ4v) is 15.5. The molecule has 0 saturated carbocycles. The third-order valence-corrected chi connectivity index (χ3v) is 17.7. The molecule has 0 saturated heterocycles. The molecule has 10 rings (SSSR count). The molecule has 0 spiro atoms. The molecule has 0 aliphatic heterocycles. The summed E-state index contributed by atoms with van der Waals surface area (Å²) in [7, 11) is -2.67. The summed E-state index contributed by atoms with van der Waals surface area (Å²) < 4.78 is 4.98. The van der Waals surface area contributed by atoms with Crippen LogP contribution in [0.4, 0.5) is 0 Å². The first kappa shape index (κ1) is 33.2. The van der Waals surface area contributed by atoms with Crippen molar-refractivity contribution in [3.05, 3.63) is 200 Å². The van der Waals surface area contributed by atoms with Crippen molar-refractivity contribution in [2.24, 2.45) is 0 Å². The molecular formula is C52H42N2Si. The van der Waals surface area contributed by atoms with Gasteiger partial charge in [-0.2, -0.15) is 0 Å². The van der Waals surface area contributed by atoms with E-state index in [1.165, 1.54) is 76.0 Å². The minimum atomic E-state index is -2.67. The van der Waals surface area contributed by atoms with Gasteiger partial charge in [-0.05, 0) is 62.6 Å². The van der Waals surface area contributed by atoms with E-state index >= 15 is 0 Å². The van der Waals surface area contributed by atoms with Crippen LogP contribution < -0.4 is 15.6 Å². The van der Waals surface area contributed by atoms with Gasteiger partial charge >= 0.3 is 0 Å². The van der Waals surface area contributed by atoms with Crippen LogP contribution in [0.5, 0.6) is 0 Å². The van der Waals surface area contributed by atoms with E-state index in [1.807, 2.05) is 0 Å². The van der Waals surface area contributed by atoms with E-state index in [-0.39, 0.29) is 5.04 Å². The number of para-hydroxylation sites is 3. The van der Waals surface area contributed by atoms with Crippen molar-refractivity contribution in [1.82, 2.24) is 9.13 Å². The summed E-state index contributed by atoms with van der Waals surface area (Å²) in [5.74, 6) is 0. The minimum Gasteiger partial charge on any atom is -0.309 e. The average Bonchev–Trinajstić information content (AvgIpc) is 3.74. The van der Waals surface area contributed by atoms with Crippen LogP contribution in [0.25, 0.3) is 66.1 Å². The number of hydrogen-bond donors (Lipinski definition) is 0. The lowest BCUT2D eigenvalue weighted by molar-refractivity contribution is 0.740.